The Morgan fingerprint density at radius 1 is 1.21 bits per heavy atom. The van der Waals surface area contributed by atoms with E-state index >= 15 is 0 Å². The van der Waals surface area contributed by atoms with Gasteiger partial charge in [-0.1, -0.05) is 43.4 Å². The standard InChI is InChI=1S/C15H22ClNOS/c1-17-14-9-4-2-3-5-10-15(14)19(18)13-8-6-7-12(16)11-13/h6-8,11,14-15,17H,2-5,9-10H2,1H3. The second kappa shape index (κ2) is 7.41. The zero-order valence-electron chi connectivity index (χ0n) is 11.4. The molecule has 19 heavy (non-hydrogen) atoms. The summed E-state index contributed by atoms with van der Waals surface area (Å²) in [6, 6.07) is 7.82. The van der Waals surface area contributed by atoms with E-state index in [1.165, 1.54) is 25.7 Å². The molecule has 0 bridgehead atoms. The molecule has 1 N–H and O–H groups in total. The number of rotatable bonds is 3. The molecule has 0 amide bonds. The number of hydrogen-bond donors (Lipinski definition) is 1. The highest BCUT2D eigenvalue weighted by Crippen LogP contribution is 2.26. The van der Waals surface area contributed by atoms with E-state index in [0.717, 1.165) is 17.7 Å². The zero-order valence-corrected chi connectivity index (χ0v) is 13.0. The van der Waals surface area contributed by atoms with Gasteiger partial charge < -0.3 is 5.32 Å². The lowest BCUT2D eigenvalue weighted by Gasteiger charge is -2.28. The molecule has 1 saturated carbocycles. The summed E-state index contributed by atoms with van der Waals surface area (Å²) in [5.41, 5.74) is 0. The molecule has 2 rings (SSSR count). The van der Waals surface area contributed by atoms with E-state index in [0.29, 0.717) is 11.1 Å². The van der Waals surface area contributed by atoms with Crippen LogP contribution in [0.5, 0.6) is 0 Å². The van der Waals surface area contributed by atoms with Crippen LogP contribution in [0.25, 0.3) is 0 Å². The van der Waals surface area contributed by atoms with E-state index in [4.69, 9.17) is 11.6 Å². The second-order valence-electron chi connectivity index (χ2n) is 5.18. The fourth-order valence-electron chi connectivity index (χ4n) is 2.80. The fraction of sp³-hybridized carbons (Fsp3) is 0.600. The third-order valence-corrected chi connectivity index (χ3v) is 5.94. The lowest BCUT2D eigenvalue weighted by molar-refractivity contribution is 0.414. The third-order valence-electron chi connectivity index (χ3n) is 3.88. The number of nitrogens with one attached hydrogen (secondary N) is 1. The molecule has 0 radical (unpaired) electrons. The highest BCUT2D eigenvalue weighted by atomic mass is 35.5. The van der Waals surface area contributed by atoms with Crippen LogP contribution >= 0.6 is 11.6 Å². The molecule has 0 aliphatic heterocycles. The van der Waals surface area contributed by atoms with Crippen molar-refractivity contribution < 1.29 is 4.21 Å². The summed E-state index contributed by atoms with van der Waals surface area (Å²) in [4.78, 5) is 0.860. The van der Waals surface area contributed by atoms with Crippen molar-refractivity contribution in [1.29, 1.82) is 0 Å². The highest BCUT2D eigenvalue weighted by molar-refractivity contribution is 7.85. The Balaban J connectivity index is 2.18. The first-order chi connectivity index (χ1) is 9.22. The van der Waals surface area contributed by atoms with E-state index in [1.807, 2.05) is 31.3 Å². The summed E-state index contributed by atoms with van der Waals surface area (Å²) in [5, 5.41) is 4.22. The lowest BCUT2D eigenvalue weighted by atomic mass is 9.96. The third kappa shape index (κ3) is 4.04. The van der Waals surface area contributed by atoms with Crippen molar-refractivity contribution >= 4 is 22.4 Å². The molecule has 1 aliphatic rings. The van der Waals surface area contributed by atoms with Gasteiger partial charge in [-0.05, 0) is 38.1 Å². The Morgan fingerprint density at radius 3 is 2.63 bits per heavy atom. The molecule has 1 fully saturated rings. The highest BCUT2D eigenvalue weighted by Gasteiger charge is 2.27. The first kappa shape index (κ1) is 15.0. The maximum absolute atomic E-state index is 12.8. The molecule has 4 heteroatoms. The quantitative estimate of drug-likeness (QED) is 0.921. The van der Waals surface area contributed by atoms with Crippen LogP contribution in [0, 0.1) is 0 Å². The Bertz CT molecular complexity index is 438. The topological polar surface area (TPSA) is 29.1 Å². The molecular formula is C15H22ClNOS. The van der Waals surface area contributed by atoms with Crippen molar-refractivity contribution in [3.05, 3.63) is 29.3 Å². The van der Waals surface area contributed by atoms with Crippen LogP contribution < -0.4 is 5.32 Å². The second-order valence-corrected chi connectivity index (χ2v) is 7.29. The Morgan fingerprint density at radius 2 is 1.95 bits per heavy atom. The average molecular weight is 300 g/mol. The summed E-state index contributed by atoms with van der Waals surface area (Å²) in [6.45, 7) is 0. The largest absolute Gasteiger partial charge is 0.316 e. The monoisotopic (exact) mass is 299 g/mol. The van der Waals surface area contributed by atoms with Crippen molar-refractivity contribution in [3.63, 3.8) is 0 Å². The molecule has 3 atom stereocenters. The fourth-order valence-corrected chi connectivity index (χ4v) is 4.82. The van der Waals surface area contributed by atoms with Crippen LogP contribution in [0.4, 0.5) is 0 Å². The molecule has 0 saturated heterocycles. The maximum atomic E-state index is 12.8. The maximum Gasteiger partial charge on any atom is 0.0577 e. The zero-order chi connectivity index (χ0) is 13.7. The van der Waals surface area contributed by atoms with Gasteiger partial charge >= 0.3 is 0 Å². The number of hydrogen-bond acceptors (Lipinski definition) is 2. The molecule has 0 aromatic heterocycles. The van der Waals surface area contributed by atoms with Crippen molar-refractivity contribution in [2.75, 3.05) is 7.05 Å². The predicted octanol–water partition coefficient (Wildman–Crippen LogP) is 3.76. The summed E-state index contributed by atoms with van der Waals surface area (Å²) >= 11 is 6.01. The van der Waals surface area contributed by atoms with Crippen molar-refractivity contribution in [3.8, 4) is 0 Å². The Hall–Kier alpha value is -0.380. The predicted molar refractivity (Wildman–Crippen MR) is 82.2 cm³/mol. The number of halogens is 1. The molecule has 0 heterocycles. The van der Waals surface area contributed by atoms with E-state index in [2.05, 4.69) is 5.32 Å². The molecule has 1 aromatic rings. The molecule has 0 spiro atoms. The van der Waals surface area contributed by atoms with Gasteiger partial charge in [0.05, 0.1) is 16.0 Å². The van der Waals surface area contributed by atoms with Gasteiger partial charge in [0.2, 0.25) is 0 Å². The van der Waals surface area contributed by atoms with Crippen molar-refractivity contribution in [1.82, 2.24) is 5.32 Å². The van der Waals surface area contributed by atoms with Crippen LogP contribution in [0.1, 0.15) is 38.5 Å². The number of benzene rings is 1. The van der Waals surface area contributed by atoms with Crippen LogP contribution in [-0.4, -0.2) is 22.5 Å². The van der Waals surface area contributed by atoms with Crippen LogP contribution in [0.2, 0.25) is 5.02 Å². The molecule has 1 aliphatic carbocycles. The van der Waals surface area contributed by atoms with Crippen LogP contribution in [0.3, 0.4) is 0 Å². The first-order valence-electron chi connectivity index (χ1n) is 7.06. The molecule has 3 unspecified atom stereocenters. The Labute approximate surface area is 123 Å². The van der Waals surface area contributed by atoms with Crippen molar-refractivity contribution in [2.24, 2.45) is 0 Å². The van der Waals surface area contributed by atoms with E-state index in [1.54, 1.807) is 0 Å². The minimum atomic E-state index is -0.976. The van der Waals surface area contributed by atoms with Gasteiger partial charge in [0, 0.05) is 16.0 Å². The van der Waals surface area contributed by atoms with Crippen LogP contribution in [0.15, 0.2) is 29.2 Å². The summed E-state index contributed by atoms with van der Waals surface area (Å²) < 4.78 is 12.8. The lowest BCUT2D eigenvalue weighted by Crippen LogP contribution is -2.41. The van der Waals surface area contributed by atoms with Crippen LogP contribution in [-0.2, 0) is 10.8 Å². The minimum absolute atomic E-state index is 0.198. The van der Waals surface area contributed by atoms with Gasteiger partial charge in [-0.3, -0.25) is 4.21 Å². The summed E-state index contributed by atoms with van der Waals surface area (Å²) in [7, 11) is 1.00. The van der Waals surface area contributed by atoms with Gasteiger partial charge in [-0.25, -0.2) is 0 Å². The van der Waals surface area contributed by atoms with Gasteiger partial charge in [-0.2, -0.15) is 0 Å². The molecule has 1 aromatic carbocycles. The van der Waals surface area contributed by atoms with Gasteiger partial charge in [0.15, 0.2) is 0 Å². The van der Waals surface area contributed by atoms with Crippen molar-refractivity contribution in [2.45, 2.75) is 54.7 Å². The van der Waals surface area contributed by atoms with E-state index in [9.17, 15) is 4.21 Å². The first-order valence-corrected chi connectivity index (χ1v) is 8.65. The average Bonchev–Trinajstić information content (AvgIpc) is 2.38. The van der Waals surface area contributed by atoms with Gasteiger partial charge in [0.1, 0.15) is 0 Å². The Kier molecular flexibility index (Phi) is 5.86. The van der Waals surface area contributed by atoms with Gasteiger partial charge in [0.25, 0.3) is 0 Å². The smallest absolute Gasteiger partial charge is 0.0577 e. The SMILES string of the molecule is CNC1CCCCCCC1S(=O)c1cccc(Cl)c1. The summed E-state index contributed by atoms with van der Waals surface area (Å²) in [5.74, 6) is 0. The van der Waals surface area contributed by atoms with E-state index < -0.39 is 10.8 Å². The molecule has 106 valence electrons. The minimum Gasteiger partial charge on any atom is -0.316 e. The van der Waals surface area contributed by atoms with Gasteiger partial charge in [-0.15, -0.1) is 0 Å². The summed E-state index contributed by atoms with van der Waals surface area (Å²) in [6.07, 6.45) is 7.12. The molecule has 2 nitrogen and oxygen atoms in total. The normalized spacial score (nSPS) is 26.4. The van der Waals surface area contributed by atoms with E-state index in [-0.39, 0.29) is 5.25 Å². The molecular weight excluding hydrogens is 278 g/mol.